The molecule has 0 aliphatic carbocycles. The largest absolute Gasteiger partial charge is 0.462 e. The standard InChI is InChI=1S/C15H13ClN4O3/c16-13-11(5-3-7-17-13)14(21)23-10-4-9-20-15(22)19-8-2-1-6-12(19)18-20/h1-3,5-8H,4,9-10H2. The first-order chi connectivity index (χ1) is 11.2. The summed E-state index contributed by atoms with van der Waals surface area (Å²) in [6.45, 7) is 0.513. The number of nitrogens with zero attached hydrogens (tertiary/aromatic N) is 4. The number of aryl methyl sites for hydroxylation is 1. The molecule has 0 saturated carbocycles. The van der Waals surface area contributed by atoms with E-state index in [4.69, 9.17) is 16.3 Å². The lowest BCUT2D eigenvalue weighted by Crippen LogP contribution is -2.22. The summed E-state index contributed by atoms with van der Waals surface area (Å²) < 4.78 is 7.94. The van der Waals surface area contributed by atoms with Crippen molar-refractivity contribution in [3.8, 4) is 0 Å². The second-order valence-corrected chi connectivity index (χ2v) is 5.12. The van der Waals surface area contributed by atoms with Crippen molar-refractivity contribution in [2.75, 3.05) is 6.61 Å². The summed E-state index contributed by atoms with van der Waals surface area (Å²) in [6, 6.07) is 8.48. The van der Waals surface area contributed by atoms with E-state index in [1.165, 1.54) is 15.3 Å². The molecule has 0 aliphatic rings. The van der Waals surface area contributed by atoms with Crippen molar-refractivity contribution in [1.29, 1.82) is 0 Å². The van der Waals surface area contributed by atoms with E-state index in [9.17, 15) is 9.59 Å². The quantitative estimate of drug-likeness (QED) is 0.404. The molecular formula is C15H13ClN4O3. The molecule has 3 aromatic rings. The average molecular weight is 333 g/mol. The number of carbonyl (C=O) groups excluding carboxylic acids is 1. The predicted octanol–water partition coefficient (Wildman–Crippen LogP) is 1.79. The van der Waals surface area contributed by atoms with Gasteiger partial charge in [-0.1, -0.05) is 17.7 Å². The molecule has 0 atom stereocenters. The number of pyridine rings is 2. The minimum absolute atomic E-state index is 0.106. The lowest BCUT2D eigenvalue weighted by Gasteiger charge is -2.05. The Morgan fingerprint density at radius 1 is 1.26 bits per heavy atom. The van der Waals surface area contributed by atoms with Gasteiger partial charge >= 0.3 is 11.7 Å². The van der Waals surface area contributed by atoms with Crippen molar-refractivity contribution in [2.24, 2.45) is 0 Å². The molecule has 0 bridgehead atoms. The van der Waals surface area contributed by atoms with E-state index in [1.807, 2.05) is 6.07 Å². The molecule has 0 spiro atoms. The molecule has 0 unspecified atom stereocenters. The number of hydrogen-bond donors (Lipinski definition) is 0. The van der Waals surface area contributed by atoms with Crippen molar-refractivity contribution in [3.63, 3.8) is 0 Å². The van der Waals surface area contributed by atoms with Gasteiger partial charge in [0.1, 0.15) is 5.15 Å². The number of hydrogen-bond acceptors (Lipinski definition) is 5. The summed E-state index contributed by atoms with van der Waals surface area (Å²) in [6.07, 6.45) is 3.62. The van der Waals surface area contributed by atoms with E-state index in [1.54, 1.807) is 30.5 Å². The molecule has 118 valence electrons. The first-order valence-electron chi connectivity index (χ1n) is 6.98. The van der Waals surface area contributed by atoms with E-state index in [0.717, 1.165) is 0 Å². The van der Waals surface area contributed by atoms with Crippen LogP contribution in [-0.4, -0.2) is 31.7 Å². The van der Waals surface area contributed by atoms with E-state index >= 15 is 0 Å². The maximum atomic E-state index is 12.1. The Morgan fingerprint density at radius 2 is 2.13 bits per heavy atom. The Labute approximate surface area is 136 Å². The van der Waals surface area contributed by atoms with Gasteiger partial charge in [0.15, 0.2) is 5.65 Å². The Morgan fingerprint density at radius 3 is 2.91 bits per heavy atom. The molecule has 0 aliphatic heterocycles. The molecular weight excluding hydrogens is 320 g/mol. The fraction of sp³-hybridized carbons (Fsp3) is 0.200. The second-order valence-electron chi connectivity index (χ2n) is 4.77. The third-order valence-electron chi connectivity index (χ3n) is 3.21. The summed E-state index contributed by atoms with van der Waals surface area (Å²) in [5, 5.41) is 4.30. The number of halogens is 1. The minimum atomic E-state index is -0.537. The highest BCUT2D eigenvalue weighted by atomic mass is 35.5. The zero-order valence-corrected chi connectivity index (χ0v) is 12.8. The molecule has 0 radical (unpaired) electrons. The smallest absolute Gasteiger partial charge is 0.350 e. The van der Waals surface area contributed by atoms with Crippen LogP contribution in [0.1, 0.15) is 16.8 Å². The molecule has 0 amide bonds. The number of ether oxygens (including phenoxy) is 1. The second kappa shape index (κ2) is 6.62. The van der Waals surface area contributed by atoms with Crippen molar-refractivity contribution < 1.29 is 9.53 Å². The first-order valence-corrected chi connectivity index (χ1v) is 7.36. The average Bonchev–Trinajstić information content (AvgIpc) is 2.88. The van der Waals surface area contributed by atoms with Crippen LogP contribution >= 0.6 is 11.6 Å². The summed E-state index contributed by atoms with van der Waals surface area (Å²) in [7, 11) is 0. The summed E-state index contributed by atoms with van der Waals surface area (Å²) in [4.78, 5) is 27.7. The highest BCUT2D eigenvalue weighted by Crippen LogP contribution is 2.12. The number of fused-ring (bicyclic) bond motifs is 1. The van der Waals surface area contributed by atoms with Crippen LogP contribution in [-0.2, 0) is 11.3 Å². The Kier molecular flexibility index (Phi) is 4.38. The van der Waals surface area contributed by atoms with Crippen LogP contribution in [0.5, 0.6) is 0 Å². The van der Waals surface area contributed by atoms with Gasteiger partial charge in [-0.15, -0.1) is 5.10 Å². The normalized spacial score (nSPS) is 10.8. The Bertz CT molecular complexity index is 903. The van der Waals surface area contributed by atoms with Crippen LogP contribution in [0.15, 0.2) is 47.5 Å². The highest BCUT2D eigenvalue weighted by molar-refractivity contribution is 6.32. The van der Waals surface area contributed by atoms with Crippen LogP contribution in [0.2, 0.25) is 5.15 Å². The minimum Gasteiger partial charge on any atom is -0.462 e. The van der Waals surface area contributed by atoms with Gasteiger partial charge in [-0.25, -0.2) is 19.3 Å². The van der Waals surface area contributed by atoms with Gasteiger partial charge in [-0.2, -0.15) is 0 Å². The van der Waals surface area contributed by atoms with Crippen LogP contribution in [0.4, 0.5) is 0 Å². The number of rotatable bonds is 5. The van der Waals surface area contributed by atoms with Gasteiger partial charge in [0.25, 0.3) is 0 Å². The molecule has 0 fully saturated rings. The topological polar surface area (TPSA) is 78.5 Å². The number of esters is 1. The van der Waals surface area contributed by atoms with E-state index in [2.05, 4.69) is 10.1 Å². The maximum absolute atomic E-state index is 12.1. The molecule has 3 rings (SSSR count). The fourth-order valence-corrected chi connectivity index (χ4v) is 2.31. The van der Waals surface area contributed by atoms with Gasteiger partial charge in [0, 0.05) is 25.4 Å². The molecule has 23 heavy (non-hydrogen) atoms. The van der Waals surface area contributed by atoms with Gasteiger partial charge in [-0.3, -0.25) is 4.40 Å². The van der Waals surface area contributed by atoms with Crippen LogP contribution < -0.4 is 5.69 Å². The zero-order chi connectivity index (χ0) is 16.2. The lowest BCUT2D eigenvalue weighted by atomic mass is 10.3. The van der Waals surface area contributed by atoms with Crippen molar-refractivity contribution in [3.05, 3.63) is 63.9 Å². The van der Waals surface area contributed by atoms with Gasteiger partial charge in [0.05, 0.1) is 12.2 Å². The van der Waals surface area contributed by atoms with E-state index < -0.39 is 5.97 Å². The van der Waals surface area contributed by atoms with Crippen molar-refractivity contribution in [1.82, 2.24) is 19.2 Å². The zero-order valence-electron chi connectivity index (χ0n) is 12.1. The van der Waals surface area contributed by atoms with Gasteiger partial charge in [0.2, 0.25) is 0 Å². The SMILES string of the molecule is O=C(OCCCn1nc2ccccn2c1=O)c1cccnc1Cl. The summed E-state index contributed by atoms with van der Waals surface area (Å²) in [5.41, 5.74) is 0.581. The number of carbonyl (C=O) groups is 1. The number of aromatic nitrogens is 4. The highest BCUT2D eigenvalue weighted by Gasteiger charge is 2.12. The lowest BCUT2D eigenvalue weighted by molar-refractivity contribution is 0.0494. The molecule has 7 nitrogen and oxygen atoms in total. The third kappa shape index (κ3) is 3.24. The van der Waals surface area contributed by atoms with E-state index in [0.29, 0.717) is 18.6 Å². The van der Waals surface area contributed by atoms with Crippen LogP contribution in [0.25, 0.3) is 5.65 Å². The van der Waals surface area contributed by atoms with E-state index in [-0.39, 0.29) is 23.0 Å². The van der Waals surface area contributed by atoms with Crippen LogP contribution in [0, 0.1) is 0 Å². The summed E-state index contributed by atoms with van der Waals surface area (Å²) in [5.74, 6) is -0.537. The Balaban J connectivity index is 1.57. The van der Waals surface area contributed by atoms with Gasteiger partial charge < -0.3 is 4.74 Å². The molecule has 0 N–H and O–H groups in total. The van der Waals surface area contributed by atoms with Crippen molar-refractivity contribution >= 4 is 23.2 Å². The first kappa shape index (κ1) is 15.2. The van der Waals surface area contributed by atoms with Gasteiger partial charge in [-0.05, 0) is 24.3 Å². The molecule has 0 aromatic carbocycles. The summed E-state index contributed by atoms with van der Waals surface area (Å²) >= 11 is 5.82. The fourth-order valence-electron chi connectivity index (χ4n) is 2.11. The monoisotopic (exact) mass is 332 g/mol. The predicted molar refractivity (Wildman–Crippen MR) is 83.6 cm³/mol. The maximum Gasteiger partial charge on any atom is 0.350 e. The molecule has 0 saturated heterocycles. The molecule has 3 aromatic heterocycles. The van der Waals surface area contributed by atoms with Crippen LogP contribution in [0.3, 0.4) is 0 Å². The molecule has 3 heterocycles. The third-order valence-corrected chi connectivity index (χ3v) is 3.52. The van der Waals surface area contributed by atoms with Crippen molar-refractivity contribution in [2.45, 2.75) is 13.0 Å². The molecule has 8 heteroatoms. The Hall–Kier alpha value is -2.67.